The Morgan fingerprint density at radius 3 is 2.50 bits per heavy atom. The molecule has 1 unspecified atom stereocenters. The molecule has 0 saturated carbocycles. The molecule has 1 heterocycles. The molecule has 0 bridgehead atoms. The molecule has 2 nitrogen and oxygen atoms in total. The standard InChI is InChI=1S/C12H13Cl2NO/c1-8-4-3-7-15(8)12(16)11-9(13)5-2-6-10(11)14/h2,5-6,8H,3-4,7H2,1H3. The number of nitrogens with zero attached hydrogens (tertiary/aromatic N) is 1. The molecule has 1 atom stereocenters. The maximum atomic E-state index is 12.3. The largest absolute Gasteiger partial charge is 0.336 e. The Kier molecular flexibility index (Phi) is 3.41. The average molecular weight is 258 g/mol. The third kappa shape index (κ3) is 2.04. The van der Waals surface area contributed by atoms with Crippen LogP contribution in [0.1, 0.15) is 30.1 Å². The van der Waals surface area contributed by atoms with Crippen LogP contribution in [0.3, 0.4) is 0 Å². The van der Waals surface area contributed by atoms with Crippen LogP contribution in [0.4, 0.5) is 0 Å². The minimum atomic E-state index is -0.0550. The zero-order chi connectivity index (χ0) is 11.7. The lowest BCUT2D eigenvalue weighted by molar-refractivity contribution is 0.0748. The summed E-state index contributed by atoms with van der Waals surface area (Å²) in [6.45, 7) is 2.84. The second kappa shape index (κ2) is 4.64. The molecule has 1 amide bonds. The molecule has 1 aliphatic rings. The van der Waals surface area contributed by atoms with Crippen LogP contribution in [0.2, 0.25) is 10.0 Å². The van der Waals surface area contributed by atoms with Gasteiger partial charge in [-0.3, -0.25) is 4.79 Å². The SMILES string of the molecule is CC1CCCN1C(=O)c1c(Cl)cccc1Cl. The van der Waals surface area contributed by atoms with Crippen molar-refractivity contribution in [3.8, 4) is 0 Å². The first kappa shape index (κ1) is 11.7. The Balaban J connectivity index is 2.33. The summed E-state index contributed by atoms with van der Waals surface area (Å²) in [5, 5.41) is 0.855. The van der Waals surface area contributed by atoms with E-state index in [-0.39, 0.29) is 11.9 Å². The third-order valence-corrected chi connectivity index (χ3v) is 3.62. The average Bonchev–Trinajstić information content (AvgIpc) is 2.64. The summed E-state index contributed by atoms with van der Waals surface area (Å²) >= 11 is 12.0. The van der Waals surface area contributed by atoms with Gasteiger partial charge in [0.25, 0.3) is 5.91 Å². The molecule has 1 aromatic carbocycles. The molecule has 2 rings (SSSR count). The molecule has 1 aliphatic heterocycles. The number of halogens is 2. The van der Waals surface area contributed by atoms with E-state index in [4.69, 9.17) is 23.2 Å². The van der Waals surface area contributed by atoms with Gasteiger partial charge in [0.1, 0.15) is 0 Å². The summed E-state index contributed by atoms with van der Waals surface area (Å²) in [4.78, 5) is 14.1. The molecule has 1 saturated heterocycles. The minimum Gasteiger partial charge on any atom is -0.336 e. The lowest BCUT2D eigenvalue weighted by Gasteiger charge is -2.22. The maximum absolute atomic E-state index is 12.3. The second-order valence-corrected chi connectivity index (χ2v) is 4.90. The van der Waals surface area contributed by atoms with Crippen LogP contribution in [0.5, 0.6) is 0 Å². The predicted molar refractivity (Wildman–Crippen MR) is 66.2 cm³/mol. The van der Waals surface area contributed by atoms with Crippen molar-refractivity contribution in [1.29, 1.82) is 0 Å². The van der Waals surface area contributed by atoms with Crippen LogP contribution in [0.15, 0.2) is 18.2 Å². The second-order valence-electron chi connectivity index (χ2n) is 4.09. The molecule has 16 heavy (non-hydrogen) atoms. The van der Waals surface area contributed by atoms with E-state index in [1.165, 1.54) is 0 Å². The van der Waals surface area contributed by atoms with Crippen LogP contribution < -0.4 is 0 Å². The molecule has 86 valence electrons. The molecule has 4 heteroatoms. The predicted octanol–water partition coefficient (Wildman–Crippen LogP) is 3.62. The van der Waals surface area contributed by atoms with E-state index < -0.39 is 0 Å². The van der Waals surface area contributed by atoms with Gasteiger partial charge in [-0.05, 0) is 31.9 Å². The zero-order valence-corrected chi connectivity index (χ0v) is 10.6. The van der Waals surface area contributed by atoms with Gasteiger partial charge in [-0.1, -0.05) is 29.3 Å². The van der Waals surface area contributed by atoms with Gasteiger partial charge in [0.05, 0.1) is 15.6 Å². The molecular weight excluding hydrogens is 245 g/mol. The summed E-state index contributed by atoms with van der Waals surface area (Å²) < 4.78 is 0. The number of likely N-dealkylation sites (tertiary alicyclic amines) is 1. The highest BCUT2D eigenvalue weighted by molar-refractivity contribution is 6.39. The first-order valence-electron chi connectivity index (χ1n) is 5.36. The monoisotopic (exact) mass is 257 g/mol. The van der Waals surface area contributed by atoms with E-state index in [1.54, 1.807) is 18.2 Å². The van der Waals surface area contributed by atoms with E-state index in [9.17, 15) is 4.79 Å². The highest BCUT2D eigenvalue weighted by Crippen LogP contribution is 2.28. The molecule has 0 aliphatic carbocycles. The normalized spacial score (nSPS) is 20.2. The van der Waals surface area contributed by atoms with Crippen molar-refractivity contribution in [3.05, 3.63) is 33.8 Å². The van der Waals surface area contributed by atoms with Crippen molar-refractivity contribution in [3.63, 3.8) is 0 Å². The van der Waals surface area contributed by atoms with Crippen LogP contribution in [-0.2, 0) is 0 Å². The van der Waals surface area contributed by atoms with E-state index in [1.807, 2.05) is 4.90 Å². The fraction of sp³-hybridized carbons (Fsp3) is 0.417. The Morgan fingerprint density at radius 2 is 2.00 bits per heavy atom. The smallest absolute Gasteiger partial charge is 0.257 e. The van der Waals surface area contributed by atoms with Crippen molar-refractivity contribution < 1.29 is 4.79 Å². The van der Waals surface area contributed by atoms with Gasteiger partial charge < -0.3 is 4.90 Å². The van der Waals surface area contributed by atoms with Gasteiger partial charge in [0, 0.05) is 12.6 Å². The Hall–Kier alpha value is -0.730. The third-order valence-electron chi connectivity index (χ3n) is 2.99. The molecule has 0 spiro atoms. The highest BCUT2D eigenvalue weighted by Gasteiger charge is 2.28. The number of benzene rings is 1. The molecule has 1 fully saturated rings. The quantitative estimate of drug-likeness (QED) is 0.753. The molecule has 1 aromatic rings. The minimum absolute atomic E-state index is 0.0550. The number of hydrogen-bond donors (Lipinski definition) is 0. The van der Waals surface area contributed by atoms with E-state index in [0.717, 1.165) is 19.4 Å². The van der Waals surface area contributed by atoms with Crippen molar-refractivity contribution in [2.75, 3.05) is 6.54 Å². The Bertz CT molecular complexity index is 399. The number of carbonyl (C=O) groups excluding carboxylic acids is 1. The van der Waals surface area contributed by atoms with Crippen molar-refractivity contribution in [2.24, 2.45) is 0 Å². The Morgan fingerprint density at radius 1 is 1.38 bits per heavy atom. The summed E-state index contributed by atoms with van der Waals surface area (Å²) in [5.41, 5.74) is 0.430. The number of amides is 1. The molecule has 0 aromatic heterocycles. The number of carbonyl (C=O) groups is 1. The van der Waals surface area contributed by atoms with Crippen molar-refractivity contribution in [2.45, 2.75) is 25.8 Å². The van der Waals surface area contributed by atoms with Gasteiger partial charge in [0.15, 0.2) is 0 Å². The topological polar surface area (TPSA) is 20.3 Å². The fourth-order valence-electron chi connectivity index (χ4n) is 2.08. The van der Waals surface area contributed by atoms with Gasteiger partial charge >= 0.3 is 0 Å². The van der Waals surface area contributed by atoms with Gasteiger partial charge in [-0.15, -0.1) is 0 Å². The first-order chi connectivity index (χ1) is 7.61. The van der Waals surface area contributed by atoms with Crippen LogP contribution in [-0.4, -0.2) is 23.4 Å². The summed E-state index contributed by atoms with van der Waals surface area (Å²) in [6, 6.07) is 5.41. The molecular formula is C12H13Cl2NO. The fourth-order valence-corrected chi connectivity index (χ4v) is 2.64. The Labute approximate surface area is 105 Å². The van der Waals surface area contributed by atoms with E-state index >= 15 is 0 Å². The van der Waals surface area contributed by atoms with Crippen molar-refractivity contribution in [1.82, 2.24) is 4.90 Å². The zero-order valence-electron chi connectivity index (χ0n) is 9.04. The first-order valence-corrected chi connectivity index (χ1v) is 6.12. The van der Waals surface area contributed by atoms with E-state index in [2.05, 4.69) is 6.92 Å². The molecule has 0 radical (unpaired) electrons. The van der Waals surface area contributed by atoms with Crippen molar-refractivity contribution >= 4 is 29.1 Å². The van der Waals surface area contributed by atoms with E-state index in [0.29, 0.717) is 15.6 Å². The lowest BCUT2D eigenvalue weighted by atomic mass is 10.2. The number of rotatable bonds is 1. The number of hydrogen-bond acceptors (Lipinski definition) is 1. The van der Waals surface area contributed by atoms with Crippen LogP contribution in [0.25, 0.3) is 0 Å². The molecule has 0 N–H and O–H groups in total. The lowest BCUT2D eigenvalue weighted by Crippen LogP contribution is -2.33. The van der Waals surface area contributed by atoms with Crippen LogP contribution in [0, 0.1) is 0 Å². The summed E-state index contributed by atoms with van der Waals surface area (Å²) in [5.74, 6) is -0.0550. The van der Waals surface area contributed by atoms with Gasteiger partial charge in [-0.2, -0.15) is 0 Å². The highest BCUT2D eigenvalue weighted by atomic mass is 35.5. The maximum Gasteiger partial charge on any atom is 0.257 e. The summed E-state index contributed by atoms with van der Waals surface area (Å²) in [6.07, 6.45) is 2.10. The van der Waals surface area contributed by atoms with Crippen LogP contribution >= 0.6 is 23.2 Å². The summed E-state index contributed by atoms with van der Waals surface area (Å²) in [7, 11) is 0. The van der Waals surface area contributed by atoms with Gasteiger partial charge in [-0.25, -0.2) is 0 Å². The van der Waals surface area contributed by atoms with Gasteiger partial charge in [0.2, 0.25) is 0 Å².